The minimum Gasteiger partial charge on any atom is -0.369 e. The van der Waals surface area contributed by atoms with Gasteiger partial charge < -0.3 is 10.3 Å². The highest BCUT2D eigenvalue weighted by molar-refractivity contribution is 5.75. The minimum atomic E-state index is -0.394. The molecule has 0 saturated heterocycles. The lowest BCUT2D eigenvalue weighted by Gasteiger charge is -2.17. The van der Waals surface area contributed by atoms with Crippen LogP contribution in [0.25, 0.3) is 11.4 Å². The third-order valence-corrected chi connectivity index (χ3v) is 3.14. The van der Waals surface area contributed by atoms with E-state index in [9.17, 15) is 9.18 Å². The van der Waals surface area contributed by atoms with Crippen LogP contribution in [0, 0.1) is 5.82 Å². The summed E-state index contributed by atoms with van der Waals surface area (Å²) in [5.74, 6) is 0.0789. The number of unbranched alkanes of at least 4 members (excludes halogenated alkanes) is 1. The van der Waals surface area contributed by atoms with E-state index in [0.29, 0.717) is 23.8 Å². The second-order valence-corrected chi connectivity index (χ2v) is 5.05. The molecular formula is C15H19FN4O2. The number of benzene rings is 1. The van der Waals surface area contributed by atoms with Gasteiger partial charge in [0.2, 0.25) is 17.6 Å². The molecule has 1 aromatic carbocycles. The molecule has 0 aliphatic heterocycles. The quantitative estimate of drug-likeness (QED) is 0.806. The van der Waals surface area contributed by atoms with Gasteiger partial charge in [0.05, 0.1) is 13.1 Å². The van der Waals surface area contributed by atoms with Crippen molar-refractivity contribution < 1.29 is 13.7 Å². The molecule has 22 heavy (non-hydrogen) atoms. The smallest absolute Gasteiger partial charge is 0.241 e. The number of primary amides is 1. The van der Waals surface area contributed by atoms with Crippen LogP contribution >= 0.6 is 0 Å². The van der Waals surface area contributed by atoms with Crippen molar-refractivity contribution in [1.29, 1.82) is 0 Å². The first kappa shape index (κ1) is 16.1. The lowest BCUT2D eigenvalue weighted by atomic mass is 10.2. The molecule has 2 aromatic rings. The van der Waals surface area contributed by atoms with Crippen LogP contribution < -0.4 is 5.73 Å². The minimum absolute atomic E-state index is 0.147. The average Bonchev–Trinajstić information content (AvgIpc) is 2.93. The summed E-state index contributed by atoms with van der Waals surface area (Å²) < 4.78 is 18.1. The second kappa shape index (κ2) is 7.65. The van der Waals surface area contributed by atoms with Crippen molar-refractivity contribution >= 4 is 5.91 Å². The molecule has 2 rings (SSSR count). The van der Waals surface area contributed by atoms with E-state index in [4.69, 9.17) is 10.3 Å². The summed E-state index contributed by atoms with van der Waals surface area (Å²) in [6.45, 7) is 3.31. The summed E-state index contributed by atoms with van der Waals surface area (Å²) in [5, 5.41) is 3.88. The molecule has 0 aliphatic carbocycles. The molecule has 0 radical (unpaired) electrons. The maximum Gasteiger partial charge on any atom is 0.241 e. The van der Waals surface area contributed by atoms with Crippen LogP contribution in [0.15, 0.2) is 28.8 Å². The number of rotatable bonds is 8. The largest absolute Gasteiger partial charge is 0.369 e. The number of aromatic nitrogens is 2. The fourth-order valence-corrected chi connectivity index (χ4v) is 2.04. The van der Waals surface area contributed by atoms with Crippen LogP contribution in [0.3, 0.4) is 0 Å². The van der Waals surface area contributed by atoms with E-state index in [-0.39, 0.29) is 12.4 Å². The molecule has 0 saturated carbocycles. The number of halogens is 1. The predicted octanol–water partition coefficient (Wildman–Crippen LogP) is 1.96. The molecule has 6 nitrogen and oxygen atoms in total. The maximum atomic E-state index is 12.9. The van der Waals surface area contributed by atoms with Gasteiger partial charge in [-0.1, -0.05) is 18.5 Å². The number of nitrogens with two attached hydrogens (primary N) is 1. The number of carbonyl (C=O) groups excluding carboxylic acids is 1. The Bertz CT molecular complexity index is 612. The van der Waals surface area contributed by atoms with E-state index < -0.39 is 5.91 Å². The molecule has 118 valence electrons. The highest BCUT2D eigenvalue weighted by atomic mass is 19.1. The normalized spacial score (nSPS) is 11.0. The molecule has 1 aromatic heterocycles. The van der Waals surface area contributed by atoms with Crippen molar-refractivity contribution in [3.8, 4) is 11.4 Å². The lowest BCUT2D eigenvalue weighted by molar-refractivity contribution is -0.119. The van der Waals surface area contributed by atoms with Gasteiger partial charge in [-0.3, -0.25) is 9.69 Å². The van der Waals surface area contributed by atoms with Crippen LogP contribution in [0.4, 0.5) is 4.39 Å². The van der Waals surface area contributed by atoms with Crippen molar-refractivity contribution in [2.45, 2.75) is 26.3 Å². The summed E-state index contributed by atoms with van der Waals surface area (Å²) in [6.07, 6.45) is 1.96. The lowest BCUT2D eigenvalue weighted by Crippen LogP contribution is -2.34. The SMILES string of the molecule is CCCCN(CC(N)=O)Cc1nc(-c2ccc(F)cc2)no1. The maximum absolute atomic E-state index is 12.9. The first-order chi connectivity index (χ1) is 10.6. The van der Waals surface area contributed by atoms with Gasteiger partial charge in [0.1, 0.15) is 5.82 Å². The number of hydrogen-bond donors (Lipinski definition) is 1. The second-order valence-electron chi connectivity index (χ2n) is 5.05. The molecule has 0 atom stereocenters. The standard InChI is InChI=1S/C15H19FN4O2/c1-2-3-8-20(9-13(17)21)10-14-18-15(19-22-14)11-4-6-12(16)7-5-11/h4-7H,2-3,8-10H2,1H3,(H2,17,21). The molecule has 2 N–H and O–H groups in total. The van der Waals surface area contributed by atoms with Crippen molar-refractivity contribution in [3.05, 3.63) is 36.0 Å². The van der Waals surface area contributed by atoms with Crippen LogP contribution in [-0.2, 0) is 11.3 Å². The summed E-state index contributed by atoms with van der Waals surface area (Å²) in [7, 11) is 0. The molecule has 0 unspecified atom stereocenters. The van der Waals surface area contributed by atoms with Gasteiger partial charge >= 0.3 is 0 Å². The first-order valence-corrected chi connectivity index (χ1v) is 7.17. The molecule has 1 amide bonds. The Hall–Kier alpha value is -2.28. The van der Waals surface area contributed by atoms with Gasteiger partial charge in [-0.15, -0.1) is 0 Å². The third kappa shape index (κ3) is 4.63. The Labute approximate surface area is 128 Å². The predicted molar refractivity (Wildman–Crippen MR) is 79.1 cm³/mol. The zero-order valence-electron chi connectivity index (χ0n) is 12.5. The number of hydrogen-bond acceptors (Lipinski definition) is 5. The van der Waals surface area contributed by atoms with Gasteiger partial charge in [0, 0.05) is 5.56 Å². The van der Waals surface area contributed by atoms with Gasteiger partial charge in [-0.25, -0.2) is 4.39 Å². The Kier molecular flexibility index (Phi) is 5.60. The average molecular weight is 306 g/mol. The zero-order chi connectivity index (χ0) is 15.9. The van der Waals surface area contributed by atoms with E-state index in [1.54, 1.807) is 12.1 Å². The topological polar surface area (TPSA) is 85.2 Å². The van der Waals surface area contributed by atoms with E-state index in [1.807, 2.05) is 4.90 Å². The first-order valence-electron chi connectivity index (χ1n) is 7.17. The van der Waals surface area contributed by atoms with Crippen molar-refractivity contribution in [3.63, 3.8) is 0 Å². The molecule has 1 heterocycles. The van der Waals surface area contributed by atoms with Gasteiger partial charge in [-0.05, 0) is 37.2 Å². The van der Waals surface area contributed by atoms with Gasteiger partial charge in [-0.2, -0.15) is 4.98 Å². The van der Waals surface area contributed by atoms with Crippen LogP contribution in [0.2, 0.25) is 0 Å². The Morgan fingerprint density at radius 1 is 1.36 bits per heavy atom. The Balaban J connectivity index is 2.05. The summed E-state index contributed by atoms with van der Waals surface area (Å²) >= 11 is 0. The molecule has 0 spiro atoms. The van der Waals surface area contributed by atoms with E-state index in [0.717, 1.165) is 19.4 Å². The van der Waals surface area contributed by atoms with E-state index in [1.165, 1.54) is 12.1 Å². The van der Waals surface area contributed by atoms with Crippen LogP contribution in [0.1, 0.15) is 25.7 Å². The summed E-state index contributed by atoms with van der Waals surface area (Å²) in [6, 6.07) is 5.85. The van der Waals surface area contributed by atoms with Crippen molar-refractivity contribution in [2.75, 3.05) is 13.1 Å². The highest BCUT2D eigenvalue weighted by Gasteiger charge is 2.14. The molecular weight excluding hydrogens is 287 g/mol. The molecule has 0 aliphatic rings. The fourth-order valence-electron chi connectivity index (χ4n) is 2.04. The number of nitrogens with zero attached hydrogens (tertiary/aromatic N) is 3. The monoisotopic (exact) mass is 306 g/mol. The van der Waals surface area contributed by atoms with E-state index in [2.05, 4.69) is 17.1 Å². The fraction of sp³-hybridized carbons (Fsp3) is 0.400. The van der Waals surface area contributed by atoms with Crippen LogP contribution in [-0.4, -0.2) is 34.0 Å². The Morgan fingerprint density at radius 3 is 2.73 bits per heavy atom. The number of amides is 1. The van der Waals surface area contributed by atoms with Crippen LogP contribution in [0.5, 0.6) is 0 Å². The molecule has 7 heteroatoms. The van der Waals surface area contributed by atoms with Crippen molar-refractivity contribution in [1.82, 2.24) is 15.0 Å². The Morgan fingerprint density at radius 2 is 2.09 bits per heavy atom. The zero-order valence-corrected chi connectivity index (χ0v) is 12.5. The summed E-state index contributed by atoms with van der Waals surface area (Å²) in [5.41, 5.74) is 5.92. The number of carbonyl (C=O) groups is 1. The third-order valence-electron chi connectivity index (χ3n) is 3.14. The van der Waals surface area contributed by atoms with Gasteiger partial charge in [0.15, 0.2) is 0 Å². The van der Waals surface area contributed by atoms with Gasteiger partial charge in [0.25, 0.3) is 0 Å². The molecule has 0 bridgehead atoms. The summed E-state index contributed by atoms with van der Waals surface area (Å²) in [4.78, 5) is 17.2. The van der Waals surface area contributed by atoms with Crippen molar-refractivity contribution in [2.24, 2.45) is 5.73 Å². The van der Waals surface area contributed by atoms with E-state index >= 15 is 0 Å². The highest BCUT2D eigenvalue weighted by Crippen LogP contribution is 2.16. The molecule has 0 fully saturated rings.